The predicted octanol–water partition coefficient (Wildman–Crippen LogP) is 1.10. The molecule has 2 fully saturated rings. The molecule has 6 nitrogen and oxygen atoms in total. The first-order valence-corrected chi connectivity index (χ1v) is 11.4. The van der Waals surface area contributed by atoms with Crippen LogP contribution in [-0.2, 0) is 24.6 Å². The molecule has 2 aliphatic heterocycles. The van der Waals surface area contributed by atoms with Gasteiger partial charge in [-0.05, 0) is 30.7 Å². The van der Waals surface area contributed by atoms with Crippen LogP contribution < -0.4 is 0 Å². The predicted molar refractivity (Wildman–Crippen MR) is 84.2 cm³/mol. The van der Waals surface area contributed by atoms with E-state index < -0.39 is 25.9 Å². The van der Waals surface area contributed by atoms with Crippen LogP contribution in [-0.4, -0.2) is 57.9 Å². The van der Waals surface area contributed by atoms with Crippen molar-refractivity contribution in [3.63, 3.8) is 0 Å². The molecule has 124 valence electrons. The van der Waals surface area contributed by atoms with Gasteiger partial charge < -0.3 is 4.74 Å². The third-order valence-corrected chi connectivity index (χ3v) is 9.12. The van der Waals surface area contributed by atoms with E-state index in [1.807, 2.05) is 0 Å². The second-order valence-electron chi connectivity index (χ2n) is 5.70. The van der Waals surface area contributed by atoms with E-state index >= 15 is 0 Å². The van der Waals surface area contributed by atoms with E-state index in [1.165, 1.54) is 4.31 Å². The van der Waals surface area contributed by atoms with Crippen LogP contribution in [0.2, 0.25) is 0 Å². The van der Waals surface area contributed by atoms with Crippen molar-refractivity contribution < 1.29 is 21.6 Å². The van der Waals surface area contributed by atoms with Crippen LogP contribution in [0.3, 0.4) is 0 Å². The molecule has 1 aromatic heterocycles. The van der Waals surface area contributed by atoms with Crippen molar-refractivity contribution >= 4 is 31.2 Å². The zero-order valence-corrected chi connectivity index (χ0v) is 14.5. The maximum absolute atomic E-state index is 12.9. The van der Waals surface area contributed by atoms with Crippen LogP contribution in [0, 0.1) is 0 Å². The lowest BCUT2D eigenvalue weighted by molar-refractivity contribution is 0.0877. The summed E-state index contributed by atoms with van der Waals surface area (Å²) in [7, 11) is -6.82. The number of hydrogen-bond acceptors (Lipinski definition) is 6. The Morgan fingerprint density at radius 2 is 2.18 bits per heavy atom. The maximum atomic E-state index is 12.9. The number of sulfone groups is 1. The lowest BCUT2D eigenvalue weighted by atomic mass is 10.2. The number of sulfonamides is 1. The molecule has 0 amide bonds. The van der Waals surface area contributed by atoms with Crippen molar-refractivity contribution in [1.82, 2.24) is 4.31 Å². The fourth-order valence-electron chi connectivity index (χ4n) is 2.96. The van der Waals surface area contributed by atoms with Gasteiger partial charge >= 0.3 is 0 Å². The first-order valence-electron chi connectivity index (χ1n) is 7.26. The van der Waals surface area contributed by atoms with Crippen molar-refractivity contribution in [3.05, 3.63) is 17.5 Å². The Hall–Kier alpha value is -0.480. The van der Waals surface area contributed by atoms with Crippen molar-refractivity contribution in [3.8, 4) is 0 Å². The SMILES string of the molecule is O=S1(=O)CC[C@@H](N(C[C@H]2CCCO2)S(=O)(=O)c2cccs2)C1. The highest BCUT2D eigenvalue weighted by atomic mass is 32.2. The van der Waals surface area contributed by atoms with Crippen molar-refractivity contribution in [2.24, 2.45) is 0 Å². The van der Waals surface area contributed by atoms with Crippen molar-refractivity contribution in [1.29, 1.82) is 0 Å². The summed E-state index contributed by atoms with van der Waals surface area (Å²) >= 11 is 1.15. The summed E-state index contributed by atoms with van der Waals surface area (Å²) in [6.45, 7) is 0.876. The molecular weight excluding hydrogens is 346 g/mol. The topological polar surface area (TPSA) is 80.8 Å². The first kappa shape index (κ1) is 16.4. The van der Waals surface area contributed by atoms with Gasteiger partial charge in [-0.3, -0.25) is 0 Å². The van der Waals surface area contributed by atoms with Gasteiger partial charge in [0.25, 0.3) is 10.0 Å². The summed E-state index contributed by atoms with van der Waals surface area (Å²) in [6.07, 6.45) is 1.95. The summed E-state index contributed by atoms with van der Waals surface area (Å²) in [4.78, 5) is 0. The highest BCUT2D eigenvalue weighted by Gasteiger charge is 2.40. The molecule has 0 N–H and O–H groups in total. The van der Waals surface area contributed by atoms with Crippen LogP contribution in [0.25, 0.3) is 0 Å². The van der Waals surface area contributed by atoms with Gasteiger partial charge in [0.05, 0.1) is 17.6 Å². The van der Waals surface area contributed by atoms with Gasteiger partial charge in [0, 0.05) is 19.2 Å². The molecule has 2 aliphatic rings. The monoisotopic (exact) mass is 365 g/mol. The lowest BCUT2D eigenvalue weighted by Crippen LogP contribution is -2.44. The highest BCUT2D eigenvalue weighted by Crippen LogP contribution is 2.29. The fourth-order valence-corrected chi connectivity index (χ4v) is 7.59. The second kappa shape index (κ2) is 6.20. The van der Waals surface area contributed by atoms with Crippen LogP contribution in [0.1, 0.15) is 19.3 Å². The molecule has 0 saturated carbocycles. The minimum absolute atomic E-state index is 0.0552. The lowest BCUT2D eigenvalue weighted by Gasteiger charge is -2.28. The zero-order chi connectivity index (χ0) is 15.8. The molecule has 0 aliphatic carbocycles. The van der Waals surface area contributed by atoms with Crippen LogP contribution in [0.4, 0.5) is 0 Å². The van der Waals surface area contributed by atoms with Crippen molar-refractivity contribution in [2.45, 2.75) is 35.6 Å². The second-order valence-corrected chi connectivity index (χ2v) is 11.0. The van der Waals surface area contributed by atoms with E-state index in [4.69, 9.17) is 4.74 Å². The van der Waals surface area contributed by atoms with Gasteiger partial charge in [0.15, 0.2) is 9.84 Å². The largest absolute Gasteiger partial charge is 0.377 e. The Morgan fingerprint density at radius 1 is 1.36 bits per heavy atom. The highest BCUT2D eigenvalue weighted by molar-refractivity contribution is 7.92. The molecule has 3 rings (SSSR count). The number of ether oxygens (including phenoxy) is 1. The Morgan fingerprint density at radius 3 is 2.73 bits per heavy atom. The maximum Gasteiger partial charge on any atom is 0.252 e. The summed E-state index contributed by atoms with van der Waals surface area (Å²) in [6, 6.07) is 2.76. The molecule has 0 radical (unpaired) electrons. The van der Waals surface area contributed by atoms with E-state index in [0.29, 0.717) is 13.0 Å². The number of nitrogens with zero attached hydrogens (tertiary/aromatic N) is 1. The summed E-state index contributed by atoms with van der Waals surface area (Å²) in [5.41, 5.74) is 0. The molecule has 0 aromatic carbocycles. The van der Waals surface area contributed by atoms with E-state index in [0.717, 1.165) is 24.2 Å². The molecule has 0 unspecified atom stereocenters. The average Bonchev–Trinajstić information content (AvgIpc) is 3.17. The molecule has 0 bridgehead atoms. The van der Waals surface area contributed by atoms with Gasteiger partial charge in [-0.2, -0.15) is 4.31 Å². The van der Waals surface area contributed by atoms with E-state index in [2.05, 4.69) is 0 Å². The average molecular weight is 365 g/mol. The Bertz CT molecular complexity index is 705. The number of hydrogen-bond donors (Lipinski definition) is 0. The van der Waals surface area contributed by atoms with E-state index in [9.17, 15) is 16.8 Å². The molecule has 0 spiro atoms. The quantitative estimate of drug-likeness (QED) is 0.781. The summed E-state index contributed by atoms with van der Waals surface area (Å²) in [5, 5.41) is 1.71. The smallest absolute Gasteiger partial charge is 0.252 e. The van der Waals surface area contributed by atoms with Gasteiger partial charge in [-0.25, -0.2) is 16.8 Å². The van der Waals surface area contributed by atoms with Crippen LogP contribution >= 0.6 is 11.3 Å². The number of thiophene rings is 1. The van der Waals surface area contributed by atoms with Gasteiger partial charge in [-0.15, -0.1) is 11.3 Å². The molecule has 3 heterocycles. The Kier molecular flexibility index (Phi) is 4.61. The summed E-state index contributed by atoms with van der Waals surface area (Å²) in [5.74, 6) is -0.0377. The van der Waals surface area contributed by atoms with E-state index in [1.54, 1.807) is 17.5 Å². The fraction of sp³-hybridized carbons (Fsp3) is 0.692. The Labute approximate surface area is 135 Å². The Balaban J connectivity index is 1.89. The third kappa shape index (κ3) is 3.38. The van der Waals surface area contributed by atoms with Crippen LogP contribution in [0.5, 0.6) is 0 Å². The van der Waals surface area contributed by atoms with Crippen LogP contribution in [0.15, 0.2) is 21.7 Å². The normalized spacial score (nSPS) is 28.4. The van der Waals surface area contributed by atoms with E-state index in [-0.39, 0.29) is 28.4 Å². The minimum atomic E-state index is -3.67. The summed E-state index contributed by atoms with van der Waals surface area (Å²) < 4.78 is 56.4. The minimum Gasteiger partial charge on any atom is -0.377 e. The molecule has 2 saturated heterocycles. The van der Waals surface area contributed by atoms with Gasteiger partial charge in [-0.1, -0.05) is 6.07 Å². The number of rotatable bonds is 5. The third-order valence-electron chi connectivity index (χ3n) is 4.08. The molecule has 22 heavy (non-hydrogen) atoms. The molecular formula is C13H19NO5S3. The van der Waals surface area contributed by atoms with Gasteiger partial charge in [0.2, 0.25) is 0 Å². The van der Waals surface area contributed by atoms with Crippen molar-refractivity contribution in [2.75, 3.05) is 24.7 Å². The molecule has 2 atom stereocenters. The molecule has 9 heteroatoms. The zero-order valence-electron chi connectivity index (χ0n) is 12.0. The first-order chi connectivity index (χ1) is 10.4. The van der Waals surface area contributed by atoms with Gasteiger partial charge in [0.1, 0.15) is 4.21 Å². The standard InChI is InChI=1S/C13H19NO5S3/c15-21(16)8-5-11(10-21)14(9-12-3-1-6-19-12)22(17,18)13-4-2-7-20-13/h2,4,7,11-12H,1,3,5-6,8-10H2/t11-,12-/m1/s1. The molecule has 1 aromatic rings.